The van der Waals surface area contributed by atoms with E-state index in [1.54, 1.807) is 14.2 Å². The van der Waals surface area contributed by atoms with Crippen LogP contribution < -0.4 is 19.5 Å². The van der Waals surface area contributed by atoms with Crippen LogP contribution in [-0.2, 0) is 22.6 Å². The average Bonchev–Trinajstić information content (AvgIpc) is 2.97. The lowest BCUT2D eigenvalue weighted by Crippen LogP contribution is -2.38. The zero-order valence-electron chi connectivity index (χ0n) is 23.4. The van der Waals surface area contributed by atoms with E-state index in [2.05, 4.69) is 53.6 Å². The smallest absolute Gasteiger partial charge is 0.130 e. The van der Waals surface area contributed by atoms with Crippen molar-refractivity contribution in [1.82, 2.24) is 10.2 Å². The number of aliphatic hydroxyl groups excluding tert-OH is 1. The minimum Gasteiger partial charge on any atom is -0.497 e. The van der Waals surface area contributed by atoms with Crippen LogP contribution in [0.5, 0.6) is 17.2 Å². The molecule has 8 heteroatoms. The standard InChI is InChI=1S/C31H42N2O6/c1-23-25(22-39-27-19-30(35-2)29(21-32-10-14-34)31(20-27)36-3)7-5-9-28(23)24-6-4-8-26(18-24)38-17-13-33-11-15-37-16-12-33/h4-9,19-20,24,32,34H,10-18,21-22H2,1-3H3. The number of morpholine rings is 1. The van der Waals surface area contributed by atoms with Crippen molar-refractivity contribution in [2.75, 3.05) is 66.8 Å². The average molecular weight is 539 g/mol. The normalized spacial score (nSPS) is 17.5. The molecule has 1 atom stereocenters. The maximum Gasteiger partial charge on any atom is 0.130 e. The van der Waals surface area contributed by atoms with Crippen LogP contribution in [0.2, 0.25) is 0 Å². The van der Waals surface area contributed by atoms with E-state index in [1.807, 2.05) is 12.1 Å². The highest BCUT2D eigenvalue weighted by atomic mass is 16.5. The molecule has 0 amide bonds. The summed E-state index contributed by atoms with van der Waals surface area (Å²) in [5.41, 5.74) is 4.54. The zero-order chi connectivity index (χ0) is 27.5. The topological polar surface area (TPSA) is 81.7 Å². The number of benzene rings is 2. The van der Waals surface area contributed by atoms with Crippen LogP contribution in [0.3, 0.4) is 0 Å². The molecule has 2 aliphatic rings. The molecule has 1 aliphatic carbocycles. The van der Waals surface area contributed by atoms with Gasteiger partial charge >= 0.3 is 0 Å². The van der Waals surface area contributed by atoms with E-state index in [-0.39, 0.29) is 12.5 Å². The number of nitrogens with zero attached hydrogens (tertiary/aromatic N) is 1. The summed E-state index contributed by atoms with van der Waals surface area (Å²) >= 11 is 0. The van der Waals surface area contributed by atoms with Gasteiger partial charge in [0.05, 0.1) is 45.4 Å². The Balaban J connectivity index is 1.37. The highest BCUT2D eigenvalue weighted by Crippen LogP contribution is 2.35. The zero-order valence-corrected chi connectivity index (χ0v) is 23.4. The number of allylic oxidation sites excluding steroid dienone is 4. The molecule has 1 saturated heterocycles. The van der Waals surface area contributed by atoms with Gasteiger partial charge in [-0.3, -0.25) is 4.90 Å². The van der Waals surface area contributed by atoms with Crippen molar-refractivity contribution in [3.05, 3.63) is 76.6 Å². The van der Waals surface area contributed by atoms with Crippen LogP contribution in [0.15, 0.2) is 54.3 Å². The molecule has 1 unspecified atom stereocenters. The van der Waals surface area contributed by atoms with Crippen LogP contribution in [0.4, 0.5) is 0 Å². The molecule has 1 aliphatic heterocycles. The van der Waals surface area contributed by atoms with E-state index in [1.165, 1.54) is 11.1 Å². The quantitative estimate of drug-likeness (QED) is 0.350. The first-order valence-corrected chi connectivity index (χ1v) is 13.7. The van der Waals surface area contributed by atoms with Crippen molar-refractivity contribution in [2.24, 2.45) is 0 Å². The third-order valence-electron chi connectivity index (χ3n) is 7.30. The van der Waals surface area contributed by atoms with E-state index in [4.69, 9.17) is 28.8 Å². The second-order valence-corrected chi connectivity index (χ2v) is 9.76. The lowest BCUT2D eigenvalue weighted by molar-refractivity contribution is 0.0269. The number of rotatable bonds is 14. The molecule has 0 spiro atoms. The van der Waals surface area contributed by atoms with E-state index in [0.29, 0.717) is 43.6 Å². The van der Waals surface area contributed by atoms with Gasteiger partial charge in [0, 0.05) is 57.2 Å². The third-order valence-corrected chi connectivity index (χ3v) is 7.30. The van der Waals surface area contributed by atoms with Crippen LogP contribution in [-0.4, -0.2) is 76.8 Å². The summed E-state index contributed by atoms with van der Waals surface area (Å²) in [4.78, 5) is 2.39. The summed E-state index contributed by atoms with van der Waals surface area (Å²) in [5.74, 6) is 3.33. The molecule has 1 fully saturated rings. The Morgan fingerprint density at radius 1 is 1.08 bits per heavy atom. The lowest BCUT2D eigenvalue weighted by atomic mass is 9.87. The molecule has 0 aromatic heterocycles. The van der Waals surface area contributed by atoms with Crippen molar-refractivity contribution in [3.8, 4) is 17.2 Å². The summed E-state index contributed by atoms with van der Waals surface area (Å²) in [6, 6.07) is 10.2. The number of hydrogen-bond donors (Lipinski definition) is 2. The fourth-order valence-corrected chi connectivity index (χ4v) is 5.03. The summed E-state index contributed by atoms with van der Waals surface area (Å²) in [5, 5.41) is 12.3. The van der Waals surface area contributed by atoms with E-state index in [9.17, 15) is 0 Å². The molecule has 2 N–H and O–H groups in total. The summed E-state index contributed by atoms with van der Waals surface area (Å²) in [6.45, 7) is 8.88. The van der Waals surface area contributed by atoms with Gasteiger partial charge < -0.3 is 34.1 Å². The van der Waals surface area contributed by atoms with Crippen molar-refractivity contribution in [1.29, 1.82) is 0 Å². The predicted molar refractivity (Wildman–Crippen MR) is 152 cm³/mol. The van der Waals surface area contributed by atoms with Crippen LogP contribution in [0.1, 0.15) is 34.6 Å². The molecule has 39 heavy (non-hydrogen) atoms. The molecule has 0 bridgehead atoms. The molecular weight excluding hydrogens is 496 g/mol. The van der Waals surface area contributed by atoms with Gasteiger partial charge in [-0.15, -0.1) is 0 Å². The SMILES string of the molecule is COc1cc(OCc2cccc(C3C=CC=C(OCCN4CCOCC4)C3)c2C)cc(OC)c1CNCCO. The molecule has 0 radical (unpaired) electrons. The van der Waals surface area contributed by atoms with Crippen molar-refractivity contribution < 1.29 is 28.8 Å². The van der Waals surface area contributed by atoms with Crippen LogP contribution >= 0.6 is 0 Å². The van der Waals surface area contributed by atoms with Gasteiger partial charge in [0.2, 0.25) is 0 Å². The highest BCUT2D eigenvalue weighted by molar-refractivity contribution is 5.51. The van der Waals surface area contributed by atoms with Crippen molar-refractivity contribution >= 4 is 0 Å². The molecular formula is C31H42N2O6. The monoisotopic (exact) mass is 538 g/mol. The van der Waals surface area contributed by atoms with Gasteiger partial charge in [-0.2, -0.15) is 0 Å². The predicted octanol–water partition coefficient (Wildman–Crippen LogP) is 3.95. The van der Waals surface area contributed by atoms with Gasteiger partial charge in [-0.25, -0.2) is 0 Å². The largest absolute Gasteiger partial charge is 0.497 e. The van der Waals surface area contributed by atoms with Crippen molar-refractivity contribution in [3.63, 3.8) is 0 Å². The lowest BCUT2D eigenvalue weighted by Gasteiger charge is -2.27. The Morgan fingerprint density at radius 3 is 2.56 bits per heavy atom. The first-order valence-electron chi connectivity index (χ1n) is 13.7. The number of hydrogen-bond acceptors (Lipinski definition) is 8. The summed E-state index contributed by atoms with van der Waals surface area (Å²) in [7, 11) is 3.27. The Labute approximate surface area is 232 Å². The number of aliphatic hydroxyl groups is 1. The summed E-state index contributed by atoms with van der Waals surface area (Å²) < 4.78 is 29.0. The van der Waals surface area contributed by atoms with Gasteiger partial charge in [-0.1, -0.05) is 30.4 Å². The van der Waals surface area contributed by atoms with E-state index in [0.717, 1.165) is 56.2 Å². The Morgan fingerprint density at radius 2 is 1.85 bits per heavy atom. The Kier molecular flexibility index (Phi) is 11.1. The van der Waals surface area contributed by atoms with Gasteiger partial charge in [-0.05, 0) is 29.7 Å². The first-order chi connectivity index (χ1) is 19.1. The second-order valence-electron chi connectivity index (χ2n) is 9.76. The second kappa shape index (κ2) is 14.9. The Bertz CT molecular complexity index is 1100. The van der Waals surface area contributed by atoms with Gasteiger partial charge in [0.15, 0.2) is 0 Å². The molecule has 0 saturated carbocycles. The van der Waals surface area contributed by atoms with Gasteiger partial charge in [0.1, 0.15) is 30.5 Å². The molecule has 2 aromatic carbocycles. The van der Waals surface area contributed by atoms with E-state index < -0.39 is 0 Å². The van der Waals surface area contributed by atoms with E-state index >= 15 is 0 Å². The number of methoxy groups -OCH3 is 2. The van der Waals surface area contributed by atoms with Gasteiger partial charge in [0.25, 0.3) is 0 Å². The fourth-order valence-electron chi connectivity index (χ4n) is 5.03. The number of nitrogens with one attached hydrogen (secondary N) is 1. The highest BCUT2D eigenvalue weighted by Gasteiger charge is 2.19. The third kappa shape index (κ3) is 7.99. The molecule has 1 heterocycles. The van der Waals surface area contributed by atoms with Crippen LogP contribution in [0.25, 0.3) is 0 Å². The molecule has 8 nitrogen and oxygen atoms in total. The van der Waals surface area contributed by atoms with Crippen molar-refractivity contribution in [2.45, 2.75) is 32.4 Å². The molecule has 4 rings (SSSR count). The molecule has 2 aromatic rings. The molecule has 212 valence electrons. The Hall–Kier alpha value is -3.04. The maximum atomic E-state index is 9.07. The fraction of sp³-hybridized carbons (Fsp3) is 0.484. The first kappa shape index (κ1) is 29.0. The minimum absolute atomic E-state index is 0.0699. The minimum atomic E-state index is 0.0699. The maximum absolute atomic E-state index is 9.07. The summed E-state index contributed by atoms with van der Waals surface area (Å²) in [6.07, 6.45) is 7.30. The number of ether oxygens (including phenoxy) is 5. The van der Waals surface area contributed by atoms with Crippen LogP contribution in [0, 0.1) is 6.92 Å².